The number of aliphatic carboxylic acids is 2. The van der Waals surface area contributed by atoms with Crippen molar-refractivity contribution in [3.8, 4) is 23.0 Å². The number of unbranched alkanes of at least 4 members (excludes halogenated alkanes) is 5. The second-order valence-electron chi connectivity index (χ2n) is 7.62. The molecule has 0 spiro atoms. The summed E-state index contributed by atoms with van der Waals surface area (Å²) in [5, 5.41) is 16.7. The summed E-state index contributed by atoms with van der Waals surface area (Å²) < 4.78 is 19.8. The summed E-state index contributed by atoms with van der Waals surface area (Å²) in [5.41, 5.74) is 12.4. The van der Waals surface area contributed by atoms with Gasteiger partial charge in [0.2, 0.25) is 0 Å². The number of ether oxygens (including phenoxy) is 4. The maximum Gasteiger partial charge on any atom is 0.303 e. The standard InChI is InChI=1S/C10H18O4.2C8H11NO2/c11-9(12)7-5-3-1-2-4-6-8-10(13)14;2*1-10-6-3-4-8(11-2)7(9)5-6/h1-8H2,(H,11,12)(H,13,14);2*3-5H,9H2,1-2H3. The van der Waals surface area contributed by atoms with Crippen LogP contribution >= 0.6 is 0 Å². The van der Waals surface area contributed by atoms with Gasteiger partial charge in [-0.25, -0.2) is 0 Å². The van der Waals surface area contributed by atoms with Crippen LogP contribution in [0.5, 0.6) is 23.0 Å². The first-order valence-electron chi connectivity index (χ1n) is 11.6. The van der Waals surface area contributed by atoms with Crippen molar-refractivity contribution < 1.29 is 38.7 Å². The van der Waals surface area contributed by atoms with Crippen molar-refractivity contribution in [1.29, 1.82) is 0 Å². The molecule has 0 aromatic heterocycles. The molecule has 0 atom stereocenters. The largest absolute Gasteiger partial charge is 0.497 e. The summed E-state index contributed by atoms with van der Waals surface area (Å²) in [6.45, 7) is 0. The number of nitrogen functional groups attached to an aromatic ring is 2. The first-order chi connectivity index (χ1) is 17.2. The molecule has 0 saturated carbocycles. The van der Waals surface area contributed by atoms with Crippen LogP contribution in [0.15, 0.2) is 36.4 Å². The molecular formula is C26H40N2O8. The summed E-state index contributed by atoms with van der Waals surface area (Å²) in [6, 6.07) is 10.6. The molecule has 2 aromatic rings. The average molecular weight is 509 g/mol. The number of anilines is 2. The van der Waals surface area contributed by atoms with Gasteiger partial charge < -0.3 is 40.6 Å². The minimum absolute atomic E-state index is 0.245. The molecule has 10 heteroatoms. The molecule has 0 heterocycles. The number of carboxylic acid groups (broad SMARTS) is 2. The molecule has 0 unspecified atom stereocenters. The van der Waals surface area contributed by atoms with E-state index >= 15 is 0 Å². The van der Waals surface area contributed by atoms with Crippen LogP contribution in [0, 0.1) is 0 Å². The van der Waals surface area contributed by atoms with E-state index in [-0.39, 0.29) is 12.8 Å². The van der Waals surface area contributed by atoms with E-state index in [1.807, 2.05) is 0 Å². The Kier molecular flexibility index (Phi) is 17.4. The quantitative estimate of drug-likeness (QED) is 0.217. The van der Waals surface area contributed by atoms with Crippen LogP contribution < -0.4 is 30.4 Å². The lowest BCUT2D eigenvalue weighted by Gasteiger charge is -2.05. The Morgan fingerprint density at radius 3 is 1.19 bits per heavy atom. The molecule has 0 aliphatic heterocycles. The van der Waals surface area contributed by atoms with Gasteiger partial charge >= 0.3 is 11.9 Å². The van der Waals surface area contributed by atoms with E-state index in [1.165, 1.54) is 0 Å². The summed E-state index contributed by atoms with van der Waals surface area (Å²) in [6.07, 6.45) is 5.82. The van der Waals surface area contributed by atoms with Crippen molar-refractivity contribution in [2.45, 2.75) is 51.4 Å². The summed E-state index contributed by atoms with van der Waals surface area (Å²) in [5.74, 6) is 1.34. The fourth-order valence-corrected chi connectivity index (χ4v) is 2.94. The first-order valence-corrected chi connectivity index (χ1v) is 11.6. The van der Waals surface area contributed by atoms with Gasteiger partial charge in [0, 0.05) is 25.0 Å². The zero-order valence-corrected chi connectivity index (χ0v) is 21.6. The van der Waals surface area contributed by atoms with Crippen LogP contribution in [0.4, 0.5) is 11.4 Å². The summed E-state index contributed by atoms with van der Waals surface area (Å²) in [7, 11) is 6.36. The van der Waals surface area contributed by atoms with Gasteiger partial charge in [0.25, 0.3) is 0 Å². The number of hydrogen-bond donors (Lipinski definition) is 4. The van der Waals surface area contributed by atoms with Crippen LogP contribution in [0.3, 0.4) is 0 Å². The summed E-state index contributed by atoms with van der Waals surface area (Å²) >= 11 is 0. The van der Waals surface area contributed by atoms with E-state index in [9.17, 15) is 9.59 Å². The van der Waals surface area contributed by atoms with E-state index in [1.54, 1.807) is 64.8 Å². The van der Waals surface area contributed by atoms with E-state index in [0.717, 1.165) is 50.0 Å². The molecule has 0 bridgehead atoms. The minimum Gasteiger partial charge on any atom is -0.497 e. The molecule has 36 heavy (non-hydrogen) atoms. The smallest absolute Gasteiger partial charge is 0.303 e. The molecule has 2 rings (SSSR count). The summed E-state index contributed by atoms with van der Waals surface area (Å²) in [4.78, 5) is 20.3. The van der Waals surface area contributed by atoms with E-state index < -0.39 is 11.9 Å². The number of rotatable bonds is 13. The molecular weight excluding hydrogens is 468 g/mol. The number of carboxylic acids is 2. The highest BCUT2D eigenvalue weighted by Crippen LogP contribution is 2.26. The lowest BCUT2D eigenvalue weighted by atomic mass is 10.1. The Labute approximate surface area is 213 Å². The predicted molar refractivity (Wildman–Crippen MR) is 140 cm³/mol. The van der Waals surface area contributed by atoms with Gasteiger partial charge in [0.1, 0.15) is 23.0 Å². The SMILES string of the molecule is COc1ccc(OC)c(N)c1.COc1ccc(OC)c(N)c1.O=C(O)CCCCCCCCC(=O)O. The molecule has 10 nitrogen and oxygen atoms in total. The zero-order chi connectivity index (χ0) is 27.3. The Balaban J connectivity index is 0.000000515. The Morgan fingerprint density at radius 2 is 0.944 bits per heavy atom. The Bertz CT molecular complexity index is 832. The monoisotopic (exact) mass is 508 g/mol. The zero-order valence-electron chi connectivity index (χ0n) is 21.6. The lowest BCUT2D eigenvalue weighted by molar-refractivity contribution is -0.138. The Morgan fingerprint density at radius 1 is 0.611 bits per heavy atom. The average Bonchev–Trinajstić information content (AvgIpc) is 2.85. The highest BCUT2D eigenvalue weighted by molar-refractivity contribution is 5.66. The maximum atomic E-state index is 10.1. The van der Waals surface area contributed by atoms with Crippen LogP contribution in [0.25, 0.3) is 0 Å². The van der Waals surface area contributed by atoms with Crippen LogP contribution in [-0.2, 0) is 9.59 Å². The number of carbonyl (C=O) groups is 2. The number of nitrogens with two attached hydrogens (primary N) is 2. The number of methoxy groups -OCH3 is 4. The van der Waals surface area contributed by atoms with Gasteiger partial charge in [0.05, 0.1) is 39.8 Å². The van der Waals surface area contributed by atoms with Gasteiger partial charge in [-0.3, -0.25) is 9.59 Å². The molecule has 6 N–H and O–H groups in total. The fraction of sp³-hybridized carbons (Fsp3) is 0.462. The third-order valence-corrected chi connectivity index (χ3v) is 4.91. The van der Waals surface area contributed by atoms with Gasteiger partial charge in [-0.05, 0) is 37.1 Å². The van der Waals surface area contributed by atoms with Gasteiger partial charge in [-0.1, -0.05) is 25.7 Å². The molecule has 0 radical (unpaired) electrons. The highest BCUT2D eigenvalue weighted by Gasteiger charge is 2.00. The molecule has 0 amide bonds. The third-order valence-electron chi connectivity index (χ3n) is 4.91. The van der Waals surface area contributed by atoms with Crippen molar-refractivity contribution in [1.82, 2.24) is 0 Å². The molecule has 2 aromatic carbocycles. The molecule has 0 aliphatic rings. The fourth-order valence-electron chi connectivity index (χ4n) is 2.94. The maximum absolute atomic E-state index is 10.1. The second kappa shape index (κ2) is 19.5. The second-order valence-corrected chi connectivity index (χ2v) is 7.62. The van der Waals surface area contributed by atoms with Crippen LogP contribution in [-0.4, -0.2) is 50.6 Å². The topological polar surface area (TPSA) is 164 Å². The molecule has 0 aliphatic carbocycles. The normalized spacial score (nSPS) is 9.56. The molecule has 0 saturated heterocycles. The van der Waals surface area contributed by atoms with Crippen LogP contribution in [0.2, 0.25) is 0 Å². The molecule has 0 fully saturated rings. The van der Waals surface area contributed by atoms with Crippen molar-refractivity contribution in [2.24, 2.45) is 0 Å². The minimum atomic E-state index is -0.740. The van der Waals surface area contributed by atoms with Gasteiger partial charge in [-0.15, -0.1) is 0 Å². The third kappa shape index (κ3) is 15.2. The predicted octanol–water partition coefficient (Wildman–Crippen LogP) is 4.85. The lowest BCUT2D eigenvalue weighted by Crippen LogP contribution is -1.94. The van der Waals surface area contributed by atoms with Crippen LogP contribution in [0.1, 0.15) is 51.4 Å². The van der Waals surface area contributed by atoms with Gasteiger partial charge in [-0.2, -0.15) is 0 Å². The van der Waals surface area contributed by atoms with Crippen molar-refractivity contribution in [3.63, 3.8) is 0 Å². The molecule has 202 valence electrons. The van der Waals surface area contributed by atoms with Crippen molar-refractivity contribution in [2.75, 3.05) is 39.9 Å². The number of hydrogen-bond acceptors (Lipinski definition) is 8. The van der Waals surface area contributed by atoms with E-state index in [4.69, 9.17) is 40.6 Å². The van der Waals surface area contributed by atoms with E-state index in [0.29, 0.717) is 22.9 Å². The van der Waals surface area contributed by atoms with Crippen molar-refractivity contribution >= 4 is 23.3 Å². The first kappa shape index (κ1) is 32.2. The van der Waals surface area contributed by atoms with Crippen molar-refractivity contribution in [3.05, 3.63) is 36.4 Å². The van der Waals surface area contributed by atoms with Gasteiger partial charge in [0.15, 0.2) is 0 Å². The van der Waals surface area contributed by atoms with E-state index in [2.05, 4.69) is 0 Å². The Hall–Kier alpha value is -3.82. The highest BCUT2D eigenvalue weighted by atomic mass is 16.5. The number of benzene rings is 2.